The van der Waals surface area contributed by atoms with Gasteiger partial charge in [0.05, 0.1) is 11.1 Å². The van der Waals surface area contributed by atoms with Crippen LogP contribution in [0.25, 0.3) is 11.0 Å². The van der Waals surface area contributed by atoms with Gasteiger partial charge in [-0.3, -0.25) is 4.99 Å². The van der Waals surface area contributed by atoms with Crippen molar-refractivity contribution in [2.75, 3.05) is 0 Å². The second-order valence-corrected chi connectivity index (χ2v) is 4.50. The van der Waals surface area contributed by atoms with Gasteiger partial charge in [-0.2, -0.15) is 0 Å². The van der Waals surface area contributed by atoms with Crippen LogP contribution in [0.5, 0.6) is 5.75 Å². The van der Waals surface area contributed by atoms with Crippen LogP contribution in [0.3, 0.4) is 0 Å². The highest BCUT2D eigenvalue weighted by Crippen LogP contribution is 2.25. The van der Waals surface area contributed by atoms with E-state index in [9.17, 15) is 18.7 Å². The predicted molar refractivity (Wildman–Crippen MR) is 77.8 cm³/mol. The molecule has 0 spiro atoms. The smallest absolute Gasteiger partial charge is 0.348 e. The molecule has 0 saturated carbocycles. The van der Waals surface area contributed by atoms with Gasteiger partial charge < -0.3 is 9.52 Å². The molecule has 1 aromatic heterocycles. The lowest BCUT2D eigenvalue weighted by molar-refractivity contribution is 0.466. The second-order valence-electron chi connectivity index (χ2n) is 4.50. The summed E-state index contributed by atoms with van der Waals surface area (Å²) in [4.78, 5) is 15.7. The molecule has 0 atom stereocenters. The monoisotopic (exact) mass is 301 g/mol. The summed E-state index contributed by atoms with van der Waals surface area (Å²) in [5.41, 5.74) is -0.591. The number of hydrogen-bond donors (Lipinski definition) is 1. The zero-order valence-electron chi connectivity index (χ0n) is 11.1. The van der Waals surface area contributed by atoms with Crippen molar-refractivity contribution in [3.05, 3.63) is 70.1 Å². The minimum absolute atomic E-state index is 0.103. The maximum absolute atomic E-state index is 13.1. The van der Waals surface area contributed by atoms with E-state index < -0.39 is 17.3 Å². The Morgan fingerprint density at radius 3 is 2.64 bits per heavy atom. The Morgan fingerprint density at radius 2 is 1.86 bits per heavy atom. The fourth-order valence-corrected chi connectivity index (χ4v) is 1.97. The van der Waals surface area contributed by atoms with E-state index in [1.165, 1.54) is 6.07 Å². The van der Waals surface area contributed by atoms with E-state index in [1.807, 2.05) is 0 Å². The molecule has 3 rings (SSSR count). The van der Waals surface area contributed by atoms with Gasteiger partial charge in [0, 0.05) is 12.3 Å². The van der Waals surface area contributed by atoms with Crippen LogP contribution in [-0.4, -0.2) is 11.3 Å². The van der Waals surface area contributed by atoms with Gasteiger partial charge in [-0.15, -0.1) is 0 Å². The first kappa shape index (κ1) is 13.9. The van der Waals surface area contributed by atoms with E-state index in [4.69, 9.17) is 4.42 Å². The van der Waals surface area contributed by atoms with E-state index >= 15 is 0 Å². The maximum Gasteiger partial charge on any atom is 0.348 e. The van der Waals surface area contributed by atoms with E-state index in [0.717, 1.165) is 18.3 Å². The summed E-state index contributed by atoms with van der Waals surface area (Å²) >= 11 is 0. The summed E-state index contributed by atoms with van der Waals surface area (Å²) in [6.45, 7) is 0. The van der Waals surface area contributed by atoms with Gasteiger partial charge in [0.1, 0.15) is 16.9 Å². The number of halogens is 2. The summed E-state index contributed by atoms with van der Waals surface area (Å²) in [5, 5.41) is 10.5. The molecule has 110 valence electrons. The largest absolute Gasteiger partial charge is 0.506 e. The molecule has 0 aliphatic heterocycles. The Balaban J connectivity index is 2.08. The molecule has 22 heavy (non-hydrogen) atoms. The number of rotatable bonds is 2. The number of hydrogen-bond acceptors (Lipinski definition) is 4. The number of aromatic hydroxyl groups is 1. The third-order valence-corrected chi connectivity index (χ3v) is 3.07. The third kappa shape index (κ3) is 2.46. The molecular formula is C16H9F2NO3. The van der Waals surface area contributed by atoms with Crippen LogP contribution in [0.2, 0.25) is 0 Å². The van der Waals surface area contributed by atoms with Crippen molar-refractivity contribution in [1.82, 2.24) is 0 Å². The van der Waals surface area contributed by atoms with E-state index in [0.29, 0.717) is 5.39 Å². The van der Waals surface area contributed by atoms with Crippen LogP contribution in [0.1, 0.15) is 5.56 Å². The van der Waals surface area contributed by atoms with Crippen molar-refractivity contribution >= 4 is 22.9 Å². The van der Waals surface area contributed by atoms with E-state index in [1.54, 1.807) is 24.3 Å². The van der Waals surface area contributed by atoms with E-state index in [2.05, 4.69) is 4.99 Å². The van der Waals surface area contributed by atoms with Gasteiger partial charge in [0.15, 0.2) is 11.6 Å². The fourth-order valence-electron chi connectivity index (χ4n) is 1.97. The standard InChI is InChI=1S/C16H9F2NO3/c17-12-6-5-9(7-13(12)18)19-8-11-15(20)10-3-1-2-4-14(10)22-16(11)21/h1-8,20H. The first-order valence-corrected chi connectivity index (χ1v) is 6.30. The minimum atomic E-state index is -1.05. The molecule has 4 nitrogen and oxygen atoms in total. The van der Waals surface area contributed by atoms with Gasteiger partial charge in [0.25, 0.3) is 0 Å². The molecule has 0 saturated heterocycles. The summed E-state index contributed by atoms with van der Waals surface area (Å²) < 4.78 is 31.0. The van der Waals surface area contributed by atoms with Gasteiger partial charge in [0.2, 0.25) is 0 Å². The van der Waals surface area contributed by atoms with Crippen LogP contribution >= 0.6 is 0 Å². The van der Waals surface area contributed by atoms with Gasteiger partial charge in [-0.05, 0) is 24.3 Å². The van der Waals surface area contributed by atoms with E-state index in [-0.39, 0.29) is 22.6 Å². The summed E-state index contributed by atoms with van der Waals surface area (Å²) in [6.07, 6.45) is 1.06. The molecular weight excluding hydrogens is 292 g/mol. The SMILES string of the molecule is O=c1oc2ccccc2c(O)c1C=Nc1ccc(F)c(F)c1. The Bertz CT molecular complexity index is 948. The normalized spacial score (nSPS) is 11.4. The Kier molecular flexibility index (Phi) is 3.42. The fraction of sp³-hybridized carbons (Fsp3) is 0. The molecule has 0 bridgehead atoms. The molecule has 0 amide bonds. The molecule has 3 aromatic rings. The first-order valence-electron chi connectivity index (χ1n) is 6.30. The first-order chi connectivity index (χ1) is 10.6. The Hall–Kier alpha value is -3.02. The van der Waals surface area contributed by atoms with Crippen LogP contribution in [-0.2, 0) is 0 Å². The number of aliphatic imine (C=N–C) groups is 1. The van der Waals surface area contributed by atoms with Crippen molar-refractivity contribution in [3.63, 3.8) is 0 Å². The number of nitrogens with zero attached hydrogens (tertiary/aromatic N) is 1. The molecule has 6 heteroatoms. The lowest BCUT2D eigenvalue weighted by Crippen LogP contribution is -2.06. The second kappa shape index (κ2) is 5.40. The molecule has 2 aromatic carbocycles. The molecule has 1 heterocycles. The zero-order valence-corrected chi connectivity index (χ0v) is 11.1. The summed E-state index contributed by atoms with van der Waals surface area (Å²) in [5.74, 6) is -2.32. The van der Waals surface area contributed by atoms with Gasteiger partial charge in [-0.25, -0.2) is 13.6 Å². The van der Waals surface area contributed by atoms with Crippen molar-refractivity contribution in [3.8, 4) is 5.75 Å². The predicted octanol–water partition coefficient (Wildman–Crippen LogP) is 3.53. The molecule has 0 radical (unpaired) electrons. The van der Waals surface area contributed by atoms with Gasteiger partial charge in [-0.1, -0.05) is 12.1 Å². The average Bonchev–Trinajstić information content (AvgIpc) is 2.50. The van der Waals surface area contributed by atoms with Crippen molar-refractivity contribution in [2.45, 2.75) is 0 Å². The average molecular weight is 301 g/mol. The molecule has 0 fully saturated rings. The Labute approximate surface area is 123 Å². The number of benzene rings is 2. The van der Waals surface area contributed by atoms with Crippen molar-refractivity contribution in [1.29, 1.82) is 0 Å². The van der Waals surface area contributed by atoms with Gasteiger partial charge >= 0.3 is 5.63 Å². The topological polar surface area (TPSA) is 62.8 Å². The summed E-state index contributed by atoms with van der Waals surface area (Å²) in [6, 6.07) is 9.53. The molecule has 0 aliphatic carbocycles. The lowest BCUT2D eigenvalue weighted by Gasteiger charge is -2.02. The number of fused-ring (bicyclic) bond motifs is 1. The summed E-state index contributed by atoms with van der Waals surface area (Å²) in [7, 11) is 0. The highest BCUT2D eigenvalue weighted by Gasteiger charge is 2.11. The quantitative estimate of drug-likeness (QED) is 0.582. The third-order valence-electron chi connectivity index (χ3n) is 3.07. The molecule has 0 unspecified atom stereocenters. The number of para-hydroxylation sites is 1. The van der Waals surface area contributed by atoms with Crippen molar-refractivity contribution in [2.24, 2.45) is 4.99 Å². The minimum Gasteiger partial charge on any atom is -0.506 e. The lowest BCUT2D eigenvalue weighted by atomic mass is 10.1. The van der Waals surface area contributed by atoms with Crippen LogP contribution in [0, 0.1) is 11.6 Å². The zero-order chi connectivity index (χ0) is 15.7. The molecule has 1 N–H and O–H groups in total. The van der Waals surface area contributed by atoms with Crippen LogP contribution < -0.4 is 5.63 Å². The Morgan fingerprint density at radius 1 is 1.09 bits per heavy atom. The van der Waals surface area contributed by atoms with Crippen molar-refractivity contribution < 1.29 is 18.3 Å². The molecule has 0 aliphatic rings. The van der Waals surface area contributed by atoms with Crippen LogP contribution in [0.15, 0.2) is 56.7 Å². The highest BCUT2D eigenvalue weighted by atomic mass is 19.2. The van der Waals surface area contributed by atoms with Crippen LogP contribution in [0.4, 0.5) is 14.5 Å². The highest BCUT2D eigenvalue weighted by molar-refractivity contribution is 5.94. The maximum atomic E-state index is 13.1.